The van der Waals surface area contributed by atoms with Gasteiger partial charge in [-0.1, -0.05) is 11.6 Å². The van der Waals surface area contributed by atoms with Gasteiger partial charge in [0.1, 0.15) is 0 Å². The molecular formula is C7H2BrClFNO. The first kappa shape index (κ1) is 9.30. The standard InChI is InChI=1S/C7H2BrClFNO/c8-4-1-7(12-3-11)6(10)2-5(4)9/h1-2H. The van der Waals surface area contributed by atoms with Crippen molar-refractivity contribution in [2.75, 3.05) is 0 Å². The fraction of sp³-hybridized carbons (Fsp3) is 0. The maximum atomic E-state index is 12.8. The van der Waals surface area contributed by atoms with Crippen LogP contribution in [-0.2, 0) is 0 Å². The minimum absolute atomic E-state index is 0.145. The first-order valence-electron chi connectivity index (χ1n) is 2.85. The molecule has 62 valence electrons. The molecule has 0 radical (unpaired) electrons. The van der Waals surface area contributed by atoms with Crippen LogP contribution in [0.2, 0.25) is 5.02 Å². The zero-order chi connectivity index (χ0) is 9.14. The summed E-state index contributed by atoms with van der Waals surface area (Å²) in [6, 6.07) is 2.36. The summed E-state index contributed by atoms with van der Waals surface area (Å²) in [7, 11) is 0. The zero-order valence-corrected chi connectivity index (χ0v) is 7.99. The fourth-order valence-corrected chi connectivity index (χ4v) is 1.10. The number of ether oxygens (including phenoxy) is 1. The summed E-state index contributed by atoms with van der Waals surface area (Å²) < 4.78 is 17.6. The molecule has 0 fully saturated rings. The van der Waals surface area contributed by atoms with E-state index in [0.29, 0.717) is 4.47 Å². The molecule has 0 heterocycles. The minimum atomic E-state index is -0.662. The van der Waals surface area contributed by atoms with E-state index in [4.69, 9.17) is 16.9 Å². The van der Waals surface area contributed by atoms with E-state index in [1.165, 1.54) is 12.3 Å². The molecule has 5 heteroatoms. The fourth-order valence-electron chi connectivity index (χ4n) is 0.632. The third-order valence-corrected chi connectivity index (χ3v) is 2.33. The first-order chi connectivity index (χ1) is 5.65. The third-order valence-electron chi connectivity index (χ3n) is 1.13. The van der Waals surface area contributed by atoms with E-state index in [9.17, 15) is 4.39 Å². The molecule has 0 aliphatic rings. The Balaban J connectivity index is 3.16. The number of hydrogen-bond acceptors (Lipinski definition) is 2. The van der Waals surface area contributed by atoms with Crippen LogP contribution in [-0.4, -0.2) is 0 Å². The molecule has 0 saturated carbocycles. The molecule has 0 unspecified atom stereocenters. The first-order valence-corrected chi connectivity index (χ1v) is 4.02. The number of hydrogen-bond donors (Lipinski definition) is 0. The Morgan fingerprint density at radius 2 is 2.25 bits per heavy atom. The second-order valence-corrected chi connectivity index (χ2v) is 3.15. The van der Waals surface area contributed by atoms with Crippen LogP contribution < -0.4 is 4.74 Å². The van der Waals surface area contributed by atoms with Crippen LogP contribution in [0.3, 0.4) is 0 Å². The summed E-state index contributed by atoms with van der Waals surface area (Å²) in [5.74, 6) is -0.807. The number of benzene rings is 1. The van der Waals surface area contributed by atoms with Gasteiger partial charge in [-0.2, -0.15) is 0 Å². The molecule has 12 heavy (non-hydrogen) atoms. The Morgan fingerprint density at radius 1 is 1.58 bits per heavy atom. The van der Waals surface area contributed by atoms with Crippen LogP contribution in [0.1, 0.15) is 0 Å². The molecule has 0 aliphatic heterocycles. The van der Waals surface area contributed by atoms with Crippen molar-refractivity contribution in [2.24, 2.45) is 0 Å². The van der Waals surface area contributed by atoms with Gasteiger partial charge >= 0.3 is 0 Å². The minimum Gasteiger partial charge on any atom is -0.385 e. The molecule has 1 rings (SSSR count). The van der Waals surface area contributed by atoms with E-state index in [2.05, 4.69) is 20.7 Å². The lowest BCUT2D eigenvalue weighted by molar-refractivity contribution is 0.460. The van der Waals surface area contributed by atoms with Crippen molar-refractivity contribution >= 4 is 27.5 Å². The Labute approximate surface area is 81.6 Å². The van der Waals surface area contributed by atoms with Gasteiger partial charge in [0.05, 0.1) is 5.02 Å². The Bertz CT molecular complexity index is 350. The van der Waals surface area contributed by atoms with Crippen molar-refractivity contribution < 1.29 is 9.13 Å². The topological polar surface area (TPSA) is 33.0 Å². The highest BCUT2D eigenvalue weighted by molar-refractivity contribution is 9.10. The van der Waals surface area contributed by atoms with Crippen molar-refractivity contribution in [3.8, 4) is 12.0 Å². The quantitative estimate of drug-likeness (QED) is 0.567. The Hall–Kier alpha value is -0.790. The van der Waals surface area contributed by atoms with Gasteiger partial charge in [0.15, 0.2) is 11.6 Å². The molecule has 0 amide bonds. The van der Waals surface area contributed by atoms with Crippen molar-refractivity contribution in [3.63, 3.8) is 0 Å². The molecule has 0 aliphatic carbocycles. The van der Waals surface area contributed by atoms with Gasteiger partial charge in [-0.15, -0.1) is 5.26 Å². The van der Waals surface area contributed by atoms with Gasteiger partial charge in [-0.3, -0.25) is 0 Å². The highest BCUT2D eigenvalue weighted by atomic mass is 79.9. The van der Waals surface area contributed by atoms with Crippen molar-refractivity contribution in [1.82, 2.24) is 0 Å². The lowest BCUT2D eigenvalue weighted by Crippen LogP contribution is -1.87. The van der Waals surface area contributed by atoms with E-state index in [1.54, 1.807) is 0 Å². The largest absolute Gasteiger partial charge is 0.385 e. The summed E-state index contributed by atoms with van der Waals surface area (Å²) in [6.45, 7) is 0. The molecule has 2 nitrogen and oxygen atoms in total. The van der Waals surface area contributed by atoms with E-state index >= 15 is 0 Å². The lowest BCUT2D eigenvalue weighted by Gasteiger charge is -2.00. The average Bonchev–Trinajstić information content (AvgIpc) is 2.01. The number of nitrogens with zero attached hydrogens (tertiary/aromatic N) is 1. The monoisotopic (exact) mass is 249 g/mol. The van der Waals surface area contributed by atoms with Crippen molar-refractivity contribution in [1.29, 1.82) is 5.26 Å². The average molecular weight is 250 g/mol. The highest BCUT2D eigenvalue weighted by Crippen LogP contribution is 2.29. The molecular weight excluding hydrogens is 248 g/mol. The maximum absolute atomic E-state index is 12.8. The van der Waals surface area contributed by atoms with Crippen LogP contribution in [0.15, 0.2) is 16.6 Å². The van der Waals surface area contributed by atoms with Crippen molar-refractivity contribution in [2.45, 2.75) is 0 Å². The molecule has 0 spiro atoms. The van der Waals surface area contributed by atoms with E-state index < -0.39 is 5.82 Å². The second kappa shape index (κ2) is 3.74. The molecule has 0 bridgehead atoms. The summed E-state index contributed by atoms with van der Waals surface area (Å²) in [5, 5.41) is 8.35. The van der Waals surface area contributed by atoms with Crippen LogP contribution in [0, 0.1) is 17.3 Å². The normalized spacial score (nSPS) is 9.17. The van der Waals surface area contributed by atoms with Crippen LogP contribution in [0.5, 0.6) is 5.75 Å². The van der Waals surface area contributed by atoms with Crippen LogP contribution in [0.25, 0.3) is 0 Å². The SMILES string of the molecule is N#COc1cc(Br)c(Cl)cc1F. The lowest BCUT2D eigenvalue weighted by atomic mass is 10.3. The molecule has 0 saturated heterocycles. The maximum Gasteiger partial charge on any atom is 0.292 e. The van der Waals surface area contributed by atoms with Gasteiger partial charge in [-0.25, -0.2) is 4.39 Å². The van der Waals surface area contributed by atoms with Gasteiger partial charge in [0, 0.05) is 10.5 Å². The van der Waals surface area contributed by atoms with Gasteiger partial charge in [0.25, 0.3) is 6.26 Å². The van der Waals surface area contributed by atoms with Gasteiger partial charge in [0.2, 0.25) is 0 Å². The second-order valence-electron chi connectivity index (χ2n) is 1.89. The predicted molar refractivity (Wildman–Crippen MR) is 45.4 cm³/mol. The number of nitriles is 1. The Kier molecular flexibility index (Phi) is 2.90. The number of rotatable bonds is 1. The van der Waals surface area contributed by atoms with Gasteiger partial charge in [-0.05, 0) is 22.0 Å². The van der Waals surface area contributed by atoms with E-state index in [1.807, 2.05) is 0 Å². The van der Waals surface area contributed by atoms with E-state index in [-0.39, 0.29) is 10.8 Å². The predicted octanol–water partition coefficient (Wildman–Crippen LogP) is 3.10. The zero-order valence-electron chi connectivity index (χ0n) is 5.64. The highest BCUT2D eigenvalue weighted by Gasteiger charge is 2.07. The molecule has 0 N–H and O–H groups in total. The molecule has 1 aromatic rings. The van der Waals surface area contributed by atoms with Crippen LogP contribution >= 0.6 is 27.5 Å². The molecule has 0 aromatic heterocycles. The summed E-state index contributed by atoms with van der Waals surface area (Å²) in [6.07, 6.45) is 1.37. The molecule has 0 atom stereocenters. The summed E-state index contributed by atoms with van der Waals surface area (Å²) >= 11 is 8.62. The van der Waals surface area contributed by atoms with E-state index in [0.717, 1.165) is 6.07 Å². The summed E-state index contributed by atoms with van der Waals surface area (Å²) in [4.78, 5) is 0. The van der Waals surface area contributed by atoms with Gasteiger partial charge < -0.3 is 4.74 Å². The Morgan fingerprint density at radius 3 is 2.83 bits per heavy atom. The van der Waals surface area contributed by atoms with Crippen molar-refractivity contribution in [3.05, 3.63) is 27.4 Å². The third kappa shape index (κ3) is 1.87. The molecule has 1 aromatic carbocycles. The smallest absolute Gasteiger partial charge is 0.292 e. The summed E-state index contributed by atoms with van der Waals surface area (Å²) in [5.41, 5.74) is 0. The number of halogens is 3. The van der Waals surface area contributed by atoms with Crippen LogP contribution in [0.4, 0.5) is 4.39 Å².